The maximum absolute atomic E-state index is 14.7. The van der Waals surface area contributed by atoms with Gasteiger partial charge in [0.2, 0.25) is 11.6 Å². The molecular formula is C25H24F4O2. The number of methoxy groups -OCH3 is 1. The minimum Gasteiger partial charge on any atom is -0.494 e. The molecule has 2 aromatic rings. The van der Waals surface area contributed by atoms with Gasteiger partial charge in [0.05, 0.1) is 7.11 Å². The molecule has 0 aliphatic carbocycles. The summed E-state index contributed by atoms with van der Waals surface area (Å²) in [5.41, 5.74) is 2.10. The topological polar surface area (TPSA) is 18.5 Å². The Morgan fingerprint density at radius 1 is 1.06 bits per heavy atom. The van der Waals surface area contributed by atoms with Crippen LogP contribution in [0.4, 0.5) is 17.6 Å². The van der Waals surface area contributed by atoms with Crippen molar-refractivity contribution in [2.45, 2.75) is 39.0 Å². The lowest BCUT2D eigenvalue weighted by Gasteiger charge is -2.24. The predicted molar refractivity (Wildman–Crippen MR) is 112 cm³/mol. The van der Waals surface area contributed by atoms with Gasteiger partial charge in [-0.1, -0.05) is 38.6 Å². The number of ether oxygens (including phenoxy) is 2. The maximum atomic E-state index is 14.7. The quantitative estimate of drug-likeness (QED) is 0.359. The van der Waals surface area contributed by atoms with Crippen LogP contribution in [0, 0.1) is 17.5 Å². The number of rotatable bonds is 7. The van der Waals surface area contributed by atoms with Crippen LogP contribution >= 0.6 is 0 Å². The molecule has 0 aromatic heterocycles. The van der Waals surface area contributed by atoms with Crippen molar-refractivity contribution >= 4 is 0 Å². The van der Waals surface area contributed by atoms with Crippen molar-refractivity contribution in [2.75, 3.05) is 7.11 Å². The van der Waals surface area contributed by atoms with Crippen LogP contribution in [-0.4, -0.2) is 7.11 Å². The Balaban J connectivity index is 1.85. The lowest BCUT2D eigenvalue weighted by Crippen LogP contribution is -2.15. The lowest BCUT2D eigenvalue weighted by molar-refractivity contribution is 0.272. The molecule has 3 rings (SSSR count). The highest BCUT2D eigenvalue weighted by molar-refractivity contribution is 5.51. The number of hydrogen-bond donors (Lipinski definition) is 0. The highest BCUT2D eigenvalue weighted by atomic mass is 19.2. The molecule has 2 nitrogen and oxygen atoms in total. The number of hydrogen-bond acceptors (Lipinski definition) is 2. The van der Waals surface area contributed by atoms with Crippen LogP contribution < -0.4 is 4.74 Å². The fourth-order valence-electron chi connectivity index (χ4n) is 3.54. The number of fused-ring (bicyclic) bond motifs is 1. The summed E-state index contributed by atoms with van der Waals surface area (Å²) in [5.74, 6) is -4.48. The minimum absolute atomic E-state index is 0.0830. The first-order chi connectivity index (χ1) is 14.8. The Hall–Kier alpha value is -3.02. The average molecular weight is 432 g/mol. The number of halogens is 4. The van der Waals surface area contributed by atoms with Gasteiger partial charge in [0.25, 0.3) is 0 Å². The summed E-state index contributed by atoms with van der Waals surface area (Å²) < 4.78 is 68.0. The number of aryl methyl sites for hydroxylation is 3. The predicted octanol–water partition coefficient (Wildman–Crippen LogP) is 6.67. The molecule has 0 saturated carbocycles. The van der Waals surface area contributed by atoms with E-state index < -0.39 is 17.5 Å². The summed E-state index contributed by atoms with van der Waals surface area (Å²) in [5, 5.41) is 0. The Kier molecular flexibility index (Phi) is 6.88. The van der Waals surface area contributed by atoms with Crippen LogP contribution in [0.3, 0.4) is 0 Å². The second-order valence-electron chi connectivity index (χ2n) is 7.48. The molecule has 0 fully saturated rings. The third-order valence-electron chi connectivity index (χ3n) is 5.25. The van der Waals surface area contributed by atoms with E-state index in [0.29, 0.717) is 29.5 Å². The fraction of sp³-hybridized carbons (Fsp3) is 0.280. The van der Waals surface area contributed by atoms with Crippen molar-refractivity contribution in [3.05, 3.63) is 100 Å². The highest BCUT2D eigenvalue weighted by Gasteiger charge is 2.29. The standard InChI is InChI=1S/C25H24F4O2/c1-5-6-17-9-7-16(12-20(17)26)8-10-18-13-19-11-14(2)24(21(27)15(3)30-4)31-25(19)23(29)22(18)28/h7,9,12-13H,2-3,5-6,8,10-11H2,1,4H3/b24-21-. The van der Waals surface area contributed by atoms with Crippen LogP contribution in [-0.2, 0) is 30.4 Å². The first-order valence-electron chi connectivity index (χ1n) is 10.0. The summed E-state index contributed by atoms with van der Waals surface area (Å²) in [4.78, 5) is 0. The van der Waals surface area contributed by atoms with Crippen molar-refractivity contribution in [2.24, 2.45) is 0 Å². The van der Waals surface area contributed by atoms with Crippen LogP contribution in [0.2, 0.25) is 0 Å². The second kappa shape index (κ2) is 9.41. The molecule has 6 heteroatoms. The molecule has 2 aromatic carbocycles. The zero-order chi connectivity index (χ0) is 22.7. The van der Waals surface area contributed by atoms with Gasteiger partial charge in [0.15, 0.2) is 23.1 Å². The minimum atomic E-state index is -1.20. The van der Waals surface area contributed by atoms with Crippen molar-refractivity contribution in [1.29, 1.82) is 0 Å². The van der Waals surface area contributed by atoms with Crippen LogP contribution in [0.5, 0.6) is 5.75 Å². The van der Waals surface area contributed by atoms with E-state index in [1.54, 1.807) is 12.1 Å². The van der Waals surface area contributed by atoms with Crippen LogP contribution in [0.15, 0.2) is 60.3 Å². The average Bonchev–Trinajstić information content (AvgIpc) is 2.75. The summed E-state index contributed by atoms with van der Waals surface area (Å²) in [6.45, 7) is 9.13. The molecule has 31 heavy (non-hydrogen) atoms. The SMILES string of the molecule is C=C(OC)/C(F)=C1/Oc2c(cc(CCc3ccc(CCC)c(F)c3)c(F)c2F)CC1=C. The zero-order valence-corrected chi connectivity index (χ0v) is 17.6. The second-order valence-corrected chi connectivity index (χ2v) is 7.48. The van der Waals surface area contributed by atoms with E-state index in [1.165, 1.54) is 19.2 Å². The van der Waals surface area contributed by atoms with E-state index in [-0.39, 0.29) is 47.1 Å². The molecule has 0 N–H and O–H groups in total. The van der Waals surface area contributed by atoms with E-state index in [2.05, 4.69) is 13.2 Å². The first kappa shape index (κ1) is 22.7. The molecule has 164 valence electrons. The summed E-state index contributed by atoms with van der Waals surface area (Å²) in [7, 11) is 1.23. The van der Waals surface area contributed by atoms with Gasteiger partial charge >= 0.3 is 0 Å². The molecule has 1 aliphatic heterocycles. The van der Waals surface area contributed by atoms with Gasteiger partial charge < -0.3 is 9.47 Å². The Morgan fingerprint density at radius 2 is 1.81 bits per heavy atom. The maximum Gasteiger partial charge on any atom is 0.207 e. The summed E-state index contributed by atoms with van der Waals surface area (Å²) in [6.07, 6.45) is 2.08. The Morgan fingerprint density at radius 3 is 2.45 bits per heavy atom. The molecule has 1 heterocycles. The van der Waals surface area contributed by atoms with Crippen molar-refractivity contribution in [1.82, 2.24) is 0 Å². The van der Waals surface area contributed by atoms with Gasteiger partial charge in [0, 0.05) is 12.0 Å². The normalized spacial score (nSPS) is 14.7. The molecule has 0 amide bonds. The van der Waals surface area contributed by atoms with Crippen LogP contribution in [0.1, 0.15) is 35.6 Å². The molecule has 0 atom stereocenters. The van der Waals surface area contributed by atoms with Crippen molar-refractivity contribution in [3.63, 3.8) is 0 Å². The van der Waals surface area contributed by atoms with Gasteiger partial charge in [-0.15, -0.1) is 0 Å². The third-order valence-corrected chi connectivity index (χ3v) is 5.25. The van der Waals surface area contributed by atoms with E-state index in [4.69, 9.17) is 9.47 Å². The van der Waals surface area contributed by atoms with Gasteiger partial charge in [-0.2, -0.15) is 8.78 Å². The molecule has 0 spiro atoms. The smallest absolute Gasteiger partial charge is 0.207 e. The van der Waals surface area contributed by atoms with Crippen LogP contribution in [0.25, 0.3) is 0 Å². The lowest BCUT2D eigenvalue weighted by atomic mass is 9.95. The molecule has 0 radical (unpaired) electrons. The molecule has 1 aliphatic rings. The number of benzene rings is 2. The Labute approximate surface area is 179 Å². The van der Waals surface area contributed by atoms with E-state index in [9.17, 15) is 17.6 Å². The van der Waals surface area contributed by atoms with E-state index in [1.807, 2.05) is 6.92 Å². The third kappa shape index (κ3) is 4.68. The fourth-order valence-corrected chi connectivity index (χ4v) is 3.54. The van der Waals surface area contributed by atoms with Gasteiger partial charge in [0.1, 0.15) is 5.82 Å². The van der Waals surface area contributed by atoms with E-state index in [0.717, 1.165) is 6.42 Å². The largest absolute Gasteiger partial charge is 0.494 e. The van der Waals surface area contributed by atoms with Gasteiger partial charge in [-0.05, 0) is 53.7 Å². The zero-order valence-electron chi connectivity index (χ0n) is 17.6. The highest BCUT2D eigenvalue weighted by Crippen LogP contribution is 2.39. The molecular weight excluding hydrogens is 408 g/mol. The summed E-state index contributed by atoms with van der Waals surface area (Å²) in [6, 6.07) is 6.45. The first-order valence-corrected chi connectivity index (χ1v) is 10.0. The summed E-state index contributed by atoms with van der Waals surface area (Å²) >= 11 is 0. The van der Waals surface area contributed by atoms with Crippen molar-refractivity contribution in [3.8, 4) is 5.75 Å². The number of allylic oxidation sites excluding steroid dienone is 2. The monoisotopic (exact) mass is 432 g/mol. The van der Waals surface area contributed by atoms with Gasteiger partial charge in [-0.25, -0.2) is 8.78 Å². The van der Waals surface area contributed by atoms with E-state index >= 15 is 0 Å². The molecule has 0 unspecified atom stereocenters. The van der Waals surface area contributed by atoms with Crippen molar-refractivity contribution < 1.29 is 27.0 Å². The molecule has 0 saturated heterocycles. The van der Waals surface area contributed by atoms with Gasteiger partial charge in [-0.3, -0.25) is 0 Å². The molecule has 0 bridgehead atoms. The Bertz CT molecular complexity index is 1070.